The highest BCUT2D eigenvalue weighted by Gasteiger charge is 2.25. The number of aromatic nitrogens is 2. The van der Waals surface area contributed by atoms with Crippen molar-refractivity contribution in [2.24, 2.45) is 0 Å². The lowest BCUT2D eigenvalue weighted by Gasteiger charge is -2.12. The van der Waals surface area contributed by atoms with Crippen LogP contribution < -0.4 is 5.32 Å². The molecule has 0 aliphatic rings. The molecule has 1 heterocycles. The number of anilines is 1. The van der Waals surface area contributed by atoms with E-state index in [0.29, 0.717) is 5.82 Å². The Bertz CT molecular complexity index is 712. The lowest BCUT2D eigenvalue weighted by atomic mass is 10.3. The number of hydrogen-bond donors (Lipinski definition) is 2. The highest BCUT2D eigenvalue weighted by molar-refractivity contribution is 7.92. The van der Waals surface area contributed by atoms with Gasteiger partial charge in [-0.05, 0) is 31.2 Å². The van der Waals surface area contributed by atoms with Gasteiger partial charge in [-0.3, -0.25) is 9.89 Å². The predicted molar refractivity (Wildman–Crippen MR) is 74.9 cm³/mol. The first-order valence-electron chi connectivity index (χ1n) is 6.18. The van der Waals surface area contributed by atoms with Gasteiger partial charge in [0.1, 0.15) is 11.6 Å². The molecule has 1 aromatic heterocycles. The number of carbonyl (C=O) groups is 1. The molecule has 21 heavy (non-hydrogen) atoms. The number of sulfone groups is 1. The van der Waals surface area contributed by atoms with Crippen LogP contribution in [0.3, 0.4) is 0 Å². The minimum Gasteiger partial charge on any atom is -0.311 e. The minimum atomic E-state index is -3.68. The van der Waals surface area contributed by atoms with E-state index < -0.39 is 26.8 Å². The fourth-order valence-electron chi connectivity index (χ4n) is 1.75. The average Bonchev–Trinajstić information content (AvgIpc) is 2.91. The van der Waals surface area contributed by atoms with Gasteiger partial charge in [-0.25, -0.2) is 12.8 Å². The number of hydrogen-bond acceptors (Lipinski definition) is 4. The van der Waals surface area contributed by atoms with Gasteiger partial charge in [0.2, 0.25) is 5.91 Å². The Morgan fingerprint density at radius 3 is 2.57 bits per heavy atom. The van der Waals surface area contributed by atoms with E-state index in [1.54, 1.807) is 6.07 Å². The number of benzene rings is 1. The molecule has 2 N–H and O–H groups in total. The molecule has 112 valence electrons. The molecule has 1 amide bonds. The largest absolute Gasteiger partial charge is 0.311 e. The number of amides is 1. The van der Waals surface area contributed by atoms with Gasteiger partial charge in [0.25, 0.3) is 0 Å². The second kappa shape index (κ2) is 6.04. The fraction of sp³-hybridized carbons (Fsp3) is 0.231. The van der Waals surface area contributed by atoms with Crippen LogP contribution in [0.4, 0.5) is 10.2 Å². The van der Waals surface area contributed by atoms with Gasteiger partial charge in [0.15, 0.2) is 9.84 Å². The fourth-order valence-corrected chi connectivity index (χ4v) is 3.10. The molecule has 2 aromatic rings. The van der Waals surface area contributed by atoms with Crippen molar-refractivity contribution in [1.29, 1.82) is 0 Å². The first kappa shape index (κ1) is 15.2. The van der Waals surface area contributed by atoms with Crippen LogP contribution in [0.25, 0.3) is 0 Å². The molecule has 0 fully saturated rings. The SMILES string of the molecule is C[C@H](CC(=O)Nc1ccn[nH]1)S(=O)(=O)c1ccc(F)cc1. The standard InChI is InChI=1S/C13H14FN3O3S/c1-9(8-13(18)16-12-6-7-15-17-12)21(19,20)11-4-2-10(14)3-5-11/h2-7,9H,8H2,1H3,(H2,15,16,17,18)/t9-/m1/s1. The minimum absolute atomic E-state index is 0.00857. The van der Waals surface area contributed by atoms with Crippen LogP contribution >= 0.6 is 0 Å². The average molecular weight is 311 g/mol. The molecule has 0 aliphatic carbocycles. The molecule has 0 aliphatic heterocycles. The zero-order chi connectivity index (χ0) is 15.5. The Hall–Kier alpha value is -2.22. The van der Waals surface area contributed by atoms with Gasteiger partial charge < -0.3 is 5.32 Å². The van der Waals surface area contributed by atoms with Crippen LogP contribution in [0.1, 0.15) is 13.3 Å². The Labute approximate surface area is 121 Å². The third kappa shape index (κ3) is 3.66. The molecule has 0 saturated carbocycles. The Kier molecular flexibility index (Phi) is 4.37. The van der Waals surface area contributed by atoms with Gasteiger partial charge in [-0.2, -0.15) is 5.10 Å². The van der Waals surface area contributed by atoms with Crippen molar-refractivity contribution in [3.05, 3.63) is 42.3 Å². The second-order valence-electron chi connectivity index (χ2n) is 4.53. The van der Waals surface area contributed by atoms with E-state index in [-0.39, 0.29) is 11.3 Å². The molecule has 0 unspecified atom stereocenters. The van der Waals surface area contributed by atoms with Crippen LogP contribution in [0, 0.1) is 5.82 Å². The molecule has 2 rings (SSSR count). The number of aromatic amines is 1. The summed E-state index contributed by atoms with van der Waals surface area (Å²) in [7, 11) is -3.68. The van der Waals surface area contributed by atoms with E-state index in [0.717, 1.165) is 12.1 Å². The van der Waals surface area contributed by atoms with Gasteiger partial charge in [0.05, 0.1) is 16.3 Å². The van der Waals surface area contributed by atoms with Crippen LogP contribution in [0.5, 0.6) is 0 Å². The molecular weight excluding hydrogens is 297 g/mol. The summed E-state index contributed by atoms with van der Waals surface area (Å²) in [5.41, 5.74) is 0. The van der Waals surface area contributed by atoms with Crippen LogP contribution in [-0.2, 0) is 14.6 Å². The predicted octanol–water partition coefficient (Wildman–Crippen LogP) is 1.74. The highest BCUT2D eigenvalue weighted by Crippen LogP contribution is 2.19. The monoisotopic (exact) mass is 311 g/mol. The van der Waals surface area contributed by atoms with E-state index in [9.17, 15) is 17.6 Å². The molecule has 0 bridgehead atoms. The van der Waals surface area contributed by atoms with Crippen molar-refractivity contribution in [2.75, 3.05) is 5.32 Å². The summed E-state index contributed by atoms with van der Waals surface area (Å²) in [6.07, 6.45) is 1.26. The molecule has 1 aromatic carbocycles. The van der Waals surface area contributed by atoms with Crippen molar-refractivity contribution in [2.45, 2.75) is 23.5 Å². The van der Waals surface area contributed by atoms with Crippen LogP contribution in [-0.4, -0.2) is 29.8 Å². The van der Waals surface area contributed by atoms with Gasteiger partial charge in [-0.15, -0.1) is 0 Å². The topological polar surface area (TPSA) is 91.9 Å². The Balaban J connectivity index is 2.06. The van der Waals surface area contributed by atoms with Gasteiger partial charge in [0, 0.05) is 12.5 Å². The van der Waals surface area contributed by atoms with E-state index in [1.807, 2.05) is 0 Å². The van der Waals surface area contributed by atoms with Crippen molar-refractivity contribution < 1.29 is 17.6 Å². The number of rotatable bonds is 5. The van der Waals surface area contributed by atoms with Crippen molar-refractivity contribution in [3.8, 4) is 0 Å². The van der Waals surface area contributed by atoms with E-state index in [1.165, 1.54) is 25.3 Å². The zero-order valence-electron chi connectivity index (χ0n) is 11.2. The highest BCUT2D eigenvalue weighted by atomic mass is 32.2. The van der Waals surface area contributed by atoms with Crippen molar-refractivity contribution in [3.63, 3.8) is 0 Å². The molecule has 8 heteroatoms. The quantitative estimate of drug-likeness (QED) is 0.823. The summed E-state index contributed by atoms with van der Waals surface area (Å²) in [4.78, 5) is 11.8. The van der Waals surface area contributed by atoms with E-state index in [4.69, 9.17) is 0 Å². The summed E-state index contributed by atoms with van der Waals surface area (Å²) in [6, 6.07) is 6.08. The normalized spacial score (nSPS) is 12.9. The maximum Gasteiger partial charge on any atom is 0.226 e. The number of nitrogens with zero attached hydrogens (tertiary/aromatic N) is 1. The van der Waals surface area contributed by atoms with E-state index in [2.05, 4.69) is 15.5 Å². The molecule has 1 atom stereocenters. The summed E-state index contributed by atoms with van der Waals surface area (Å²) in [5, 5.41) is 7.79. The van der Waals surface area contributed by atoms with Crippen molar-refractivity contribution >= 4 is 21.6 Å². The smallest absolute Gasteiger partial charge is 0.226 e. The zero-order valence-corrected chi connectivity index (χ0v) is 12.0. The second-order valence-corrected chi connectivity index (χ2v) is 6.90. The molecule has 0 spiro atoms. The molecule has 0 saturated heterocycles. The third-order valence-corrected chi connectivity index (χ3v) is 5.07. The maximum absolute atomic E-state index is 12.8. The Morgan fingerprint density at radius 1 is 1.33 bits per heavy atom. The van der Waals surface area contributed by atoms with Crippen LogP contribution in [0.15, 0.2) is 41.4 Å². The third-order valence-electron chi connectivity index (χ3n) is 2.92. The molecule has 6 nitrogen and oxygen atoms in total. The molecule has 0 radical (unpaired) electrons. The summed E-state index contributed by atoms with van der Waals surface area (Å²) in [5.74, 6) is -0.567. The number of halogens is 1. The van der Waals surface area contributed by atoms with Gasteiger partial charge >= 0.3 is 0 Å². The van der Waals surface area contributed by atoms with E-state index >= 15 is 0 Å². The van der Waals surface area contributed by atoms with Crippen molar-refractivity contribution in [1.82, 2.24) is 10.2 Å². The Morgan fingerprint density at radius 2 is 2.00 bits per heavy atom. The number of carbonyl (C=O) groups excluding carboxylic acids is 1. The van der Waals surface area contributed by atoms with Gasteiger partial charge in [-0.1, -0.05) is 0 Å². The first-order valence-corrected chi connectivity index (χ1v) is 7.73. The van der Waals surface area contributed by atoms with Crippen LogP contribution in [0.2, 0.25) is 0 Å². The summed E-state index contributed by atoms with van der Waals surface area (Å²) in [6.45, 7) is 1.44. The number of nitrogens with one attached hydrogen (secondary N) is 2. The summed E-state index contributed by atoms with van der Waals surface area (Å²) >= 11 is 0. The summed E-state index contributed by atoms with van der Waals surface area (Å²) < 4.78 is 37.3. The number of H-pyrrole nitrogens is 1. The first-order chi connectivity index (χ1) is 9.89. The lowest BCUT2D eigenvalue weighted by Crippen LogP contribution is -2.25. The maximum atomic E-state index is 12.8. The molecular formula is C13H14FN3O3S. The lowest BCUT2D eigenvalue weighted by molar-refractivity contribution is -0.116.